The van der Waals surface area contributed by atoms with Gasteiger partial charge < -0.3 is 23.4 Å². The van der Waals surface area contributed by atoms with Crippen LogP contribution in [0.3, 0.4) is 0 Å². The second kappa shape index (κ2) is 8.83. The zero-order valence-electron chi connectivity index (χ0n) is 17.5. The Morgan fingerprint density at radius 3 is 2.16 bits per heavy atom. The Morgan fingerprint density at radius 2 is 1.45 bits per heavy atom. The molecule has 0 saturated heterocycles. The minimum atomic E-state index is -0.488. The van der Waals surface area contributed by atoms with Crippen LogP contribution in [0.5, 0.6) is 23.0 Å². The lowest BCUT2D eigenvalue weighted by molar-refractivity contribution is 0.306. The molecule has 31 heavy (non-hydrogen) atoms. The van der Waals surface area contributed by atoms with E-state index in [1.165, 1.54) is 14.2 Å². The van der Waals surface area contributed by atoms with Crippen LogP contribution < -0.4 is 24.6 Å². The fourth-order valence-corrected chi connectivity index (χ4v) is 3.35. The summed E-state index contributed by atoms with van der Waals surface area (Å²) in [5, 5.41) is 0.762. The van der Waals surface area contributed by atoms with Gasteiger partial charge in [-0.3, -0.25) is 0 Å². The highest BCUT2D eigenvalue weighted by atomic mass is 16.5. The minimum Gasteiger partial charge on any atom is -0.496 e. The van der Waals surface area contributed by atoms with E-state index < -0.39 is 5.63 Å². The molecule has 1 heterocycles. The Balaban J connectivity index is 1.71. The lowest BCUT2D eigenvalue weighted by atomic mass is 10.0. The number of rotatable bonds is 7. The Morgan fingerprint density at radius 1 is 0.742 bits per heavy atom. The van der Waals surface area contributed by atoms with Crippen LogP contribution in [0, 0.1) is 0 Å². The molecule has 0 radical (unpaired) electrons. The fourth-order valence-electron chi connectivity index (χ4n) is 3.35. The molecule has 0 bridgehead atoms. The predicted molar refractivity (Wildman–Crippen MR) is 118 cm³/mol. The van der Waals surface area contributed by atoms with Crippen LogP contribution in [-0.2, 0) is 6.61 Å². The van der Waals surface area contributed by atoms with E-state index in [-0.39, 0.29) is 0 Å². The second-order valence-corrected chi connectivity index (χ2v) is 6.83. The third-order valence-electron chi connectivity index (χ3n) is 4.95. The van der Waals surface area contributed by atoms with Crippen molar-refractivity contribution in [3.63, 3.8) is 0 Å². The summed E-state index contributed by atoms with van der Waals surface area (Å²) in [6.45, 7) is 0.428. The van der Waals surface area contributed by atoms with Crippen molar-refractivity contribution in [2.45, 2.75) is 6.61 Å². The van der Waals surface area contributed by atoms with E-state index in [2.05, 4.69) is 0 Å². The topological polar surface area (TPSA) is 67.1 Å². The van der Waals surface area contributed by atoms with Gasteiger partial charge in [0.05, 0.1) is 26.9 Å². The van der Waals surface area contributed by atoms with Gasteiger partial charge in [-0.05, 0) is 29.8 Å². The van der Waals surface area contributed by atoms with Crippen molar-refractivity contribution in [1.29, 1.82) is 0 Å². The van der Waals surface area contributed by atoms with Crippen molar-refractivity contribution >= 4 is 11.0 Å². The molecule has 0 aliphatic heterocycles. The summed E-state index contributed by atoms with van der Waals surface area (Å²) in [5.41, 5.74) is 1.93. The number of hydrogen-bond donors (Lipinski definition) is 0. The molecule has 6 heteroatoms. The number of hydrogen-bond acceptors (Lipinski definition) is 6. The van der Waals surface area contributed by atoms with Crippen LogP contribution in [0.2, 0.25) is 0 Å². The molecule has 0 unspecified atom stereocenters. The third-order valence-corrected chi connectivity index (χ3v) is 4.95. The van der Waals surface area contributed by atoms with Crippen molar-refractivity contribution in [2.75, 3.05) is 21.3 Å². The van der Waals surface area contributed by atoms with Gasteiger partial charge in [0.1, 0.15) is 23.7 Å². The molecule has 0 aliphatic carbocycles. The van der Waals surface area contributed by atoms with E-state index in [1.807, 2.05) is 42.5 Å². The molecule has 6 nitrogen and oxygen atoms in total. The van der Waals surface area contributed by atoms with Gasteiger partial charge in [-0.1, -0.05) is 30.3 Å². The smallest absolute Gasteiger partial charge is 0.344 e. The molecule has 0 saturated carbocycles. The van der Waals surface area contributed by atoms with Crippen molar-refractivity contribution in [3.05, 3.63) is 82.7 Å². The summed E-state index contributed by atoms with van der Waals surface area (Å²) in [4.78, 5) is 12.8. The SMILES string of the molecule is COc1cc(OC)c(-c2cc3ccc(OCc4ccccc4)cc3oc2=O)cc1OC. The van der Waals surface area contributed by atoms with E-state index in [0.717, 1.165) is 10.9 Å². The fraction of sp³-hybridized carbons (Fsp3) is 0.160. The van der Waals surface area contributed by atoms with E-state index in [0.29, 0.717) is 46.3 Å². The summed E-state index contributed by atoms with van der Waals surface area (Å²) in [5.74, 6) is 2.10. The minimum absolute atomic E-state index is 0.364. The molecule has 1 aromatic heterocycles. The molecule has 0 fully saturated rings. The second-order valence-electron chi connectivity index (χ2n) is 6.83. The maximum Gasteiger partial charge on any atom is 0.344 e. The van der Waals surface area contributed by atoms with E-state index in [9.17, 15) is 4.79 Å². The number of methoxy groups -OCH3 is 3. The van der Waals surface area contributed by atoms with Gasteiger partial charge in [-0.2, -0.15) is 0 Å². The first-order chi connectivity index (χ1) is 15.1. The Bertz CT molecular complexity index is 1260. The van der Waals surface area contributed by atoms with E-state index >= 15 is 0 Å². The van der Waals surface area contributed by atoms with Crippen molar-refractivity contribution in [2.24, 2.45) is 0 Å². The highest BCUT2D eigenvalue weighted by Crippen LogP contribution is 2.39. The van der Waals surface area contributed by atoms with Crippen LogP contribution in [0.1, 0.15) is 5.56 Å². The monoisotopic (exact) mass is 418 g/mol. The summed E-state index contributed by atoms with van der Waals surface area (Å²) in [6, 6.07) is 20.4. The Hall–Kier alpha value is -3.93. The molecule has 158 valence electrons. The molecule has 0 atom stereocenters. The standard InChI is InChI=1S/C25H22O6/c1-27-22-14-24(29-3)23(28-2)13-19(22)20-11-17-9-10-18(12-21(17)31-25(20)26)30-15-16-7-5-4-6-8-16/h4-14H,15H2,1-3H3. The lowest BCUT2D eigenvalue weighted by Crippen LogP contribution is -2.05. The lowest BCUT2D eigenvalue weighted by Gasteiger charge is -2.14. The van der Waals surface area contributed by atoms with Gasteiger partial charge in [0, 0.05) is 23.1 Å². The quantitative estimate of drug-likeness (QED) is 0.391. The number of benzene rings is 3. The van der Waals surface area contributed by atoms with E-state index in [4.69, 9.17) is 23.4 Å². The molecule has 4 aromatic rings. The van der Waals surface area contributed by atoms with Gasteiger partial charge in [-0.25, -0.2) is 4.79 Å². The number of ether oxygens (including phenoxy) is 4. The molecule has 4 rings (SSSR count). The zero-order chi connectivity index (χ0) is 21.8. The van der Waals surface area contributed by atoms with Crippen LogP contribution >= 0.6 is 0 Å². The van der Waals surface area contributed by atoms with Crippen LogP contribution in [0.4, 0.5) is 0 Å². The Labute approximate surface area is 179 Å². The first kappa shape index (κ1) is 20.3. The van der Waals surface area contributed by atoms with Crippen molar-refractivity contribution in [1.82, 2.24) is 0 Å². The van der Waals surface area contributed by atoms with Gasteiger partial charge in [0.2, 0.25) is 0 Å². The Kier molecular flexibility index (Phi) is 5.80. The maximum atomic E-state index is 12.8. The molecule has 0 amide bonds. The molecule has 3 aromatic carbocycles. The normalized spacial score (nSPS) is 10.7. The average Bonchev–Trinajstić information content (AvgIpc) is 2.82. The average molecular weight is 418 g/mol. The third kappa shape index (κ3) is 4.19. The van der Waals surface area contributed by atoms with Gasteiger partial charge >= 0.3 is 5.63 Å². The summed E-state index contributed by atoms with van der Waals surface area (Å²) >= 11 is 0. The highest BCUT2D eigenvalue weighted by molar-refractivity contribution is 5.84. The van der Waals surface area contributed by atoms with Crippen molar-refractivity contribution in [3.8, 4) is 34.1 Å². The molecule has 0 spiro atoms. The van der Waals surface area contributed by atoms with Gasteiger partial charge in [0.15, 0.2) is 11.5 Å². The molecular weight excluding hydrogens is 396 g/mol. The van der Waals surface area contributed by atoms with Gasteiger partial charge in [-0.15, -0.1) is 0 Å². The maximum absolute atomic E-state index is 12.8. The highest BCUT2D eigenvalue weighted by Gasteiger charge is 2.17. The van der Waals surface area contributed by atoms with Crippen molar-refractivity contribution < 1.29 is 23.4 Å². The summed E-state index contributed by atoms with van der Waals surface area (Å²) < 4.78 is 27.6. The number of fused-ring (bicyclic) bond motifs is 1. The first-order valence-electron chi connectivity index (χ1n) is 9.68. The molecule has 0 N–H and O–H groups in total. The van der Waals surface area contributed by atoms with E-state index in [1.54, 1.807) is 31.4 Å². The first-order valence-corrected chi connectivity index (χ1v) is 9.68. The van der Waals surface area contributed by atoms with Crippen LogP contribution in [0.25, 0.3) is 22.1 Å². The molecular formula is C25H22O6. The summed E-state index contributed by atoms with van der Waals surface area (Å²) in [7, 11) is 4.61. The summed E-state index contributed by atoms with van der Waals surface area (Å²) in [6.07, 6.45) is 0. The predicted octanol–water partition coefficient (Wildman–Crippen LogP) is 5.06. The zero-order valence-corrected chi connectivity index (χ0v) is 17.5. The largest absolute Gasteiger partial charge is 0.496 e. The van der Waals surface area contributed by atoms with Gasteiger partial charge in [0.25, 0.3) is 0 Å². The van der Waals surface area contributed by atoms with Crippen LogP contribution in [-0.4, -0.2) is 21.3 Å². The van der Waals surface area contributed by atoms with Crippen LogP contribution in [0.15, 0.2) is 75.9 Å². The molecule has 0 aliphatic rings.